The van der Waals surface area contributed by atoms with Gasteiger partial charge in [0.25, 0.3) is 0 Å². The van der Waals surface area contributed by atoms with Crippen LogP contribution in [0.15, 0.2) is 0 Å². The van der Waals surface area contributed by atoms with E-state index in [0.717, 1.165) is 19.5 Å². The van der Waals surface area contributed by atoms with Crippen molar-refractivity contribution in [2.75, 3.05) is 13.1 Å². The summed E-state index contributed by atoms with van der Waals surface area (Å²) in [6.07, 6.45) is 1.35. The molecule has 3 atom stereocenters. The van der Waals surface area contributed by atoms with Crippen LogP contribution in [0.2, 0.25) is 0 Å². The molecule has 2 rings (SSSR count). The van der Waals surface area contributed by atoms with Crippen LogP contribution in [-0.4, -0.2) is 36.2 Å². The van der Waals surface area contributed by atoms with Crippen LogP contribution in [0.4, 0.5) is 0 Å². The molecule has 1 saturated carbocycles. The largest absolute Gasteiger partial charge is 0.392 e. The highest BCUT2D eigenvalue weighted by molar-refractivity contribution is 5.79. The SMILES string of the molecule is CC1(C)C(O)CC1NC(=O)C1CCNC1. The van der Waals surface area contributed by atoms with Gasteiger partial charge in [-0.2, -0.15) is 0 Å². The van der Waals surface area contributed by atoms with Gasteiger partial charge in [-0.05, 0) is 19.4 Å². The maximum atomic E-state index is 11.8. The molecular weight excluding hydrogens is 192 g/mol. The Morgan fingerprint density at radius 2 is 2.27 bits per heavy atom. The molecule has 0 aromatic heterocycles. The summed E-state index contributed by atoms with van der Waals surface area (Å²) in [7, 11) is 0. The van der Waals surface area contributed by atoms with Gasteiger partial charge < -0.3 is 15.7 Å². The smallest absolute Gasteiger partial charge is 0.224 e. The molecule has 86 valence electrons. The summed E-state index contributed by atoms with van der Waals surface area (Å²) in [5.74, 6) is 0.267. The molecule has 0 spiro atoms. The van der Waals surface area contributed by atoms with Crippen LogP contribution >= 0.6 is 0 Å². The van der Waals surface area contributed by atoms with E-state index in [-0.39, 0.29) is 29.4 Å². The predicted molar refractivity (Wildman–Crippen MR) is 57.3 cm³/mol. The molecule has 2 aliphatic rings. The quantitative estimate of drug-likeness (QED) is 0.597. The van der Waals surface area contributed by atoms with Gasteiger partial charge in [-0.1, -0.05) is 13.8 Å². The third-order valence-electron chi connectivity index (χ3n) is 3.96. The second-order valence-corrected chi connectivity index (χ2v) is 5.32. The van der Waals surface area contributed by atoms with E-state index in [1.165, 1.54) is 0 Å². The maximum Gasteiger partial charge on any atom is 0.224 e. The van der Waals surface area contributed by atoms with Crippen LogP contribution in [-0.2, 0) is 4.79 Å². The molecule has 1 heterocycles. The van der Waals surface area contributed by atoms with E-state index in [2.05, 4.69) is 10.6 Å². The number of carbonyl (C=O) groups is 1. The van der Waals surface area contributed by atoms with Gasteiger partial charge in [-0.25, -0.2) is 0 Å². The number of aliphatic hydroxyl groups is 1. The fraction of sp³-hybridized carbons (Fsp3) is 0.909. The molecule has 0 radical (unpaired) electrons. The fourth-order valence-corrected chi connectivity index (χ4v) is 2.32. The van der Waals surface area contributed by atoms with E-state index < -0.39 is 0 Å². The normalized spacial score (nSPS) is 38.5. The van der Waals surface area contributed by atoms with Crippen LogP contribution in [0.3, 0.4) is 0 Å². The van der Waals surface area contributed by atoms with Gasteiger partial charge in [0, 0.05) is 18.0 Å². The van der Waals surface area contributed by atoms with Gasteiger partial charge in [0.15, 0.2) is 0 Å². The van der Waals surface area contributed by atoms with Crippen molar-refractivity contribution in [3.63, 3.8) is 0 Å². The van der Waals surface area contributed by atoms with Crippen molar-refractivity contribution < 1.29 is 9.90 Å². The predicted octanol–water partition coefficient (Wildman–Crippen LogP) is -0.128. The summed E-state index contributed by atoms with van der Waals surface area (Å²) >= 11 is 0. The maximum absolute atomic E-state index is 11.8. The highest BCUT2D eigenvalue weighted by atomic mass is 16.3. The Morgan fingerprint density at radius 3 is 2.73 bits per heavy atom. The molecule has 3 unspecified atom stereocenters. The minimum absolute atomic E-state index is 0.124. The third kappa shape index (κ3) is 1.88. The summed E-state index contributed by atoms with van der Waals surface area (Å²) in [6, 6.07) is 0.139. The van der Waals surface area contributed by atoms with E-state index in [0.29, 0.717) is 6.42 Å². The number of aliphatic hydroxyl groups excluding tert-OH is 1. The van der Waals surface area contributed by atoms with Gasteiger partial charge >= 0.3 is 0 Å². The van der Waals surface area contributed by atoms with E-state index in [9.17, 15) is 9.90 Å². The Balaban J connectivity index is 1.85. The van der Waals surface area contributed by atoms with Crippen molar-refractivity contribution in [3.05, 3.63) is 0 Å². The first-order valence-corrected chi connectivity index (χ1v) is 5.71. The third-order valence-corrected chi connectivity index (χ3v) is 3.96. The summed E-state index contributed by atoms with van der Waals surface area (Å²) in [4.78, 5) is 11.8. The average Bonchev–Trinajstić information content (AvgIpc) is 2.70. The molecule has 2 fully saturated rings. The minimum Gasteiger partial charge on any atom is -0.392 e. The average molecular weight is 212 g/mol. The zero-order valence-corrected chi connectivity index (χ0v) is 9.42. The lowest BCUT2D eigenvalue weighted by molar-refractivity contribution is -0.132. The zero-order valence-electron chi connectivity index (χ0n) is 9.42. The number of nitrogens with one attached hydrogen (secondary N) is 2. The Hall–Kier alpha value is -0.610. The fourth-order valence-electron chi connectivity index (χ4n) is 2.32. The zero-order chi connectivity index (χ0) is 11.1. The highest BCUT2D eigenvalue weighted by Gasteiger charge is 2.48. The lowest BCUT2D eigenvalue weighted by Gasteiger charge is -2.49. The summed E-state index contributed by atoms with van der Waals surface area (Å²) in [6.45, 7) is 5.73. The van der Waals surface area contributed by atoms with E-state index in [1.54, 1.807) is 0 Å². The molecule has 0 aromatic rings. The van der Waals surface area contributed by atoms with Crippen molar-refractivity contribution in [1.29, 1.82) is 0 Å². The van der Waals surface area contributed by atoms with Gasteiger partial charge in [0.1, 0.15) is 0 Å². The Bertz CT molecular complexity index is 259. The monoisotopic (exact) mass is 212 g/mol. The highest BCUT2D eigenvalue weighted by Crippen LogP contribution is 2.40. The molecule has 1 saturated heterocycles. The van der Waals surface area contributed by atoms with Gasteiger partial charge in [-0.15, -0.1) is 0 Å². The molecule has 3 N–H and O–H groups in total. The van der Waals surface area contributed by atoms with Crippen molar-refractivity contribution >= 4 is 5.91 Å². The molecule has 15 heavy (non-hydrogen) atoms. The molecule has 4 heteroatoms. The van der Waals surface area contributed by atoms with Crippen LogP contribution in [0.1, 0.15) is 26.7 Å². The molecule has 1 aliphatic carbocycles. The van der Waals surface area contributed by atoms with Gasteiger partial charge in [-0.3, -0.25) is 4.79 Å². The van der Waals surface area contributed by atoms with Gasteiger partial charge in [0.2, 0.25) is 5.91 Å². The Morgan fingerprint density at radius 1 is 1.53 bits per heavy atom. The summed E-state index contributed by atoms with van der Waals surface area (Å²) in [5.41, 5.74) is -0.165. The van der Waals surface area contributed by atoms with Crippen molar-refractivity contribution in [2.45, 2.75) is 38.8 Å². The first-order valence-electron chi connectivity index (χ1n) is 5.71. The lowest BCUT2D eigenvalue weighted by atomic mass is 9.64. The molecule has 1 aliphatic heterocycles. The minimum atomic E-state index is -0.274. The van der Waals surface area contributed by atoms with Crippen molar-refractivity contribution in [3.8, 4) is 0 Å². The Kier molecular flexibility index (Phi) is 2.73. The summed E-state index contributed by atoms with van der Waals surface area (Å²) in [5, 5.41) is 15.8. The number of hydrogen-bond donors (Lipinski definition) is 3. The van der Waals surface area contributed by atoms with Crippen LogP contribution in [0.25, 0.3) is 0 Å². The molecule has 0 aromatic carbocycles. The number of hydrogen-bond acceptors (Lipinski definition) is 3. The standard InChI is InChI=1S/C11H20N2O2/c1-11(2)8(5-9(11)14)13-10(15)7-3-4-12-6-7/h7-9,12,14H,3-6H2,1-2H3,(H,13,15). The molecular formula is C11H20N2O2. The number of rotatable bonds is 2. The topological polar surface area (TPSA) is 61.4 Å². The first kappa shape index (κ1) is 10.9. The van der Waals surface area contributed by atoms with E-state index in [1.807, 2.05) is 13.8 Å². The van der Waals surface area contributed by atoms with Crippen LogP contribution in [0.5, 0.6) is 0 Å². The Labute approximate surface area is 90.4 Å². The van der Waals surface area contributed by atoms with Crippen LogP contribution < -0.4 is 10.6 Å². The van der Waals surface area contributed by atoms with Gasteiger partial charge in [0.05, 0.1) is 12.0 Å². The van der Waals surface area contributed by atoms with E-state index >= 15 is 0 Å². The number of carbonyl (C=O) groups excluding carboxylic acids is 1. The van der Waals surface area contributed by atoms with Crippen molar-refractivity contribution in [1.82, 2.24) is 10.6 Å². The van der Waals surface area contributed by atoms with E-state index in [4.69, 9.17) is 0 Å². The molecule has 0 bridgehead atoms. The molecule has 1 amide bonds. The summed E-state index contributed by atoms with van der Waals surface area (Å²) < 4.78 is 0. The first-order chi connectivity index (χ1) is 7.01. The second-order valence-electron chi connectivity index (χ2n) is 5.32. The van der Waals surface area contributed by atoms with Crippen LogP contribution in [0, 0.1) is 11.3 Å². The van der Waals surface area contributed by atoms with Crippen molar-refractivity contribution in [2.24, 2.45) is 11.3 Å². The molecule has 4 nitrogen and oxygen atoms in total. The lowest BCUT2D eigenvalue weighted by Crippen LogP contribution is -2.61. The second kappa shape index (κ2) is 3.76. The number of amides is 1.